The van der Waals surface area contributed by atoms with E-state index in [1.807, 2.05) is 27.7 Å². The van der Waals surface area contributed by atoms with Crippen LogP contribution in [0.15, 0.2) is 18.2 Å². The molecule has 0 aliphatic carbocycles. The Bertz CT molecular complexity index is 1060. The van der Waals surface area contributed by atoms with Crippen LogP contribution in [0.1, 0.15) is 97.9 Å². The average Bonchev–Trinajstić information content (AvgIpc) is 2.97. The van der Waals surface area contributed by atoms with Crippen molar-refractivity contribution in [2.75, 3.05) is 40.5 Å². The maximum absolute atomic E-state index is 13.2. The number of carbonyl (C=O) groups excluding carboxylic acids is 3. The van der Waals surface area contributed by atoms with Gasteiger partial charge in [0.2, 0.25) is 5.91 Å². The molecule has 264 valence electrons. The van der Waals surface area contributed by atoms with E-state index in [0.717, 1.165) is 12.8 Å². The molecule has 4 unspecified atom stereocenters. The number of benzene rings is 1. The van der Waals surface area contributed by atoms with Crippen LogP contribution >= 0.6 is 0 Å². The second kappa shape index (κ2) is 20.9. The molecular formula is C35H61N3O8. The smallest absolute Gasteiger partial charge is 0.407 e. The summed E-state index contributed by atoms with van der Waals surface area (Å²) in [5.41, 5.74) is -0.308. The van der Waals surface area contributed by atoms with Gasteiger partial charge in [-0.2, -0.15) is 0 Å². The van der Waals surface area contributed by atoms with Crippen molar-refractivity contribution >= 4 is 17.9 Å². The topological polar surface area (TPSA) is 144 Å². The molecule has 1 aromatic carbocycles. The summed E-state index contributed by atoms with van der Waals surface area (Å²) < 4.78 is 21.8. The van der Waals surface area contributed by atoms with Crippen molar-refractivity contribution in [2.24, 2.45) is 23.7 Å². The van der Waals surface area contributed by atoms with E-state index in [4.69, 9.17) is 18.9 Å². The number of hydrogen-bond acceptors (Lipinski definition) is 8. The number of nitrogens with one attached hydrogen (secondary N) is 3. The van der Waals surface area contributed by atoms with Crippen LogP contribution in [0, 0.1) is 23.7 Å². The number of amides is 3. The lowest BCUT2D eigenvalue weighted by molar-refractivity contribution is -0.127. The maximum Gasteiger partial charge on any atom is 0.407 e. The second-order valence-corrected chi connectivity index (χ2v) is 13.6. The van der Waals surface area contributed by atoms with E-state index in [0.29, 0.717) is 56.2 Å². The zero-order valence-corrected chi connectivity index (χ0v) is 29.9. The number of rotatable bonds is 21. The fourth-order valence-electron chi connectivity index (χ4n) is 4.96. The van der Waals surface area contributed by atoms with Crippen LogP contribution in [0.2, 0.25) is 0 Å². The van der Waals surface area contributed by atoms with Gasteiger partial charge in [-0.25, -0.2) is 4.79 Å². The third kappa shape index (κ3) is 15.5. The first kappa shape index (κ1) is 41.0. The highest BCUT2D eigenvalue weighted by molar-refractivity contribution is 5.94. The van der Waals surface area contributed by atoms with E-state index in [1.165, 1.54) is 0 Å². The summed E-state index contributed by atoms with van der Waals surface area (Å²) in [6.07, 6.45) is 1.40. The molecule has 0 saturated heterocycles. The predicted octanol–water partition coefficient (Wildman–Crippen LogP) is 5.34. The summed E-state index contributed by atoms with van der Waals surface area (Å²) in [4.78, 5) is 39.1. The zero-order valence-electron chi connectivity index (χ0n) is 29.9. The molecule has 4 N–H and O–H groups in total. The third-order valence-corrected chi connectivity index (χ3v) is 7.83. The number of hydrogen-bond donors (Lipinski definition) is 4. The summed E-state index contributed by atoms with van der Waals surface area (Å²) in [5, 5.41) is 20.4. The van der Waals surface area contributed by atoms with Crippen molar-refractivity contribution in [3.63, 3.8) is 0 Å². The Morgan fingerprint density at radius 1 is 0.913 bits per heavy atom. The van der Waals surface area contributed by atoms with Crippen LogP contribution in [0.25, 0.3) is 0 Å². The Labute approximate surface area is 276 Å². The van der Waals surface area contributed by atoms with Gasteiger partial charge in [-0.15, -0.1) is 0 Å². The number of methoxy groups -OCH3 is 2. The Morgan fingerprint density at radius 3 is 2.17 bits per heavy atom. The summed E-state index contributed by atoms with van der Waals surface area (Å²) in [6.45, 7) is 17.2. The van der Waals surface area contributed by atoms with Crippen molar-refractivity contribution in [2.45, 2.75) is 105 Å². The molecule has 0 aliphatic heterocycles. The molecule has 3 amide bonds. The molecule has 1 aromatic rings. The molecular weight excluding hydrogens is 590 g/mol. The van der Waals surface area contributed by atoms with Gasteiger partial charge in [0, 0.05) is 44.7 Å². The minimum Gasteiger partial charge on any atom is -0.493 e. The number of ether oxygens (including phenoxy) is 4. The van der Waals surface area contributed by atoms with E-state index in [1.54, 1.807) is 53.2 Å². The van der Waals surface area contributed by atoms with Gasteiger partial charge in [0.05, 0.1) is 25.9 Å². The van der Waals surface area contributed by atoms with Gasteiger partial charge >= 0.3 is 6.09 Å². The van der Waals surface area contributed by atoms with Crippen molar-refractivity contribution in [3.05, 3.63) is 23.8 Å². The quantitative estimate of drug-likeness (QED) is 0.131. The van der Waals surface area contributed by atoms with Gasteiger partial charge in [0.1, 0.15) is 5.60 Å². The average molecular weight is 652 g/mol. The first-order chi connectivity index (χ1) is 21.6. The highest BCUT2D eigenvalue weighted by Gasteiger charge is 2.33. The van der Waals surface area contributed by atoms with Gasteiger partial charge in [-0.05, 0) is 76.0 Å². The number of aliphatic hydroxyl groups excluding tert-OH is 1. The van der Waals surface area contributed by atoms with Gasteiger partial charge in [-0.3, -0.25) is 9.59 Å². The van der Waals surface area contributed by atoms with Crippen LogP contribution < -0.4 is 25.4 Å². The van der Waals surface area contributed by atoms with Crippen molar-refractivity contribution < 1.29 is 38.4 Å². The number of unbranched alkanes of at least 4 members (excludes halogenated alkanes) is 1. The van der Waals surface area contributed by atoms with E-state index < -0.39 is 29.8 Å². The number of carbonyl (C=O) groups is 3. The summed E-state index contributed by atoms with van der Waals surface area (Å²) in [6, 6.07) is 4.31. The third-order valence-electron chi connectivity index (χ3n) is 7.83. The lowest BCUT2D eigenvalue weighted by Gasteiger charge is -2.33. The molecule has 0 aliphatic rings. The second-order valence-electron chi connectivity index (χ2n) is 13.6. The van der Waals surface area contributed by atoms with Gasteiger partial charge < -0.3 is 40.0 Å². The lowest BCUT2D eigenvalue weighted by atomic mass is 9.82. The molecule has 0 aromatic heterocycles. The molecule has 0 fully saturated rings. The predicted molar refractivity (Wildman–Crippen MR) is 180 cm³/mol. The molecule has 11 heteroatoms. The van der Waals surface area contributed by atoms with E-state index in [-0.39, 0.29) is 36.0 Å². The van der Waals surface area contributed by atoms with Crippen LogP contribution in [-0.4, -0.2) is 81.3 Å². The highest BCUT2D eigenvalue weighted by Crippen LogP contribution is 2.29. The Morgan fingerprint density at radius 2 is 1.61 bits per heavy atom. The Balaban J connectivity index is 3.12. The fourth-order valence-corrected chi connectivity index (χ4v) is 4.96. The van der Waals surface area contributed by atoms with Gasteiger partial charge in [0.25, 0.3) is 5.91 Å². The van der Waals surface area contributed by atoms with Crippen LogP contribution in [-0.2, 0) is 14.3 Å². The molecule has 0 heterocycles. The van der Waals surface area contributed by atoms with Gasteiger partial charge in [-0.1, -0.05) is 41.0 Å². The summed E-state index contributed by atoms with van der Waals surface area (Å²) >= 11 is 0. The normalized spacial score (nSPS) is 14.3. The van der Waals surface area contributed by atoms with Crippen molar-refractivity contribution in [1.82, 2.24) is 16.0 Å². The Hall–Kier alpha value is -3.05. The molecule has 46 heavy (non-hydrogen) atoms. The largest absolute Gasteiger partial charge is 0.493 e. The van der Waals surface area contributed by atoms with E-state index in [9.17, 15) is 19.5 Å². The van der Waals surface area contributed by atoms with Crippen LogP contribution in [0.3, 0.4) is 0 Å². The summed E-state index contributed by atoms with van der Waals surface area (Å²) in [7, 11) is 3.17. The minimum atomic E-state index is -1.02. The zero-order chi connectivity index (χ0) is 34.9. The first-order valence-electron chi connectivity index (χ1n) is 16.7. The molecule has 0 spiro atoms. The fraction of sp³-hybridized carbons (Fsp3) is 0.743. The SMILES string of the molecule is CCCCNC(=O)C(CC(O)C(CC(CNC(=O)c1ccc(OC)c(OCCCOC)c1)C(C)C)NC(=O)OC(C)(C)C)C(C)C. The van der Waals surface area contributed by atoms with Gasteiger partial charge in [0.15, 0.2) is 11.5 Å². The molecule has 0 bridgehead atoms. The monoisotopic (exact) mass is 651 g/mol. The minimum absolute atomic E-state index is 0.0167. The van der Waals surface area contributed by atoms with E-state index in [2.05, 4.69) is 22.9 Å². The van der Waals surface area contributed by atoms with Crippen LogP contribution in [0.5, 0.6) is 11.5 Å². The van der Waals surface area contributed by atoms with Crippen molar-refractivity contribution in [1.29, 1.82) is 0 Å². The number of aliphatic hydroxyl groups is 1. The standard InChI is InChI=1S/C35H61N3O8/c1-11-12-16-36-33(41)27(24(4)5)21-29(39)28(38-34(42)46-35(6,7)8)19-26(23(2)3)22-37-32(40)25-14-15-30(44-10)31(20-25)45-18-13-17-43-9/h14-15,20,23-24,26-29,39H,11-13,16-19,21-22H2,1-10H3,(H,36,41)(H,37,40)(H,38,42). The Kier molecular flexibility index (Phi) is 18.7. The molecule has 0 saturated carbocycles. The first-order valence-corrected chi connectivity index (χ1v) is 16.7. The molecule has 0 radical (unpaired) electrons. The lowest BCUT2D eigenvalue weighted by Crippen LogP contribution is -2.49. The number of alkyl carbamates (subject to hydrolysis) is 1. The highest BCUT2D eigenvalue weighted by atomic mass is 16.6. The maximum atomic E-state index is 13.2. The van der Waals surface area contributed by atoms with Crippen molar-refractivity contribution in [3.8, 4) is 11.5 Å². The molecule has 11 nitrogen and oxygen atoms in total. The molecule has 1 rings (SSSR count). The van der Waals surface area contributed by atoms with E-state index >= 15 is 0 Å². The summed E-state index contributed by atoms with van der Waals surface area (Å²) in [5.74, 6) is 0.142. The molecule has 4 atom stereocenters. The van der Waals surface area contributed by atoms with Crippen LogP contribution in [0.4, 0.5) is 4.79 Å².